The number of nitrogens with two attached hydrogens (primary N) is 1. The highest BCUT2D eigenvalue weighted by Crippen LogP contribution is 2.39. The Bertz CT molecular complexity index is 1730. The minimum Gasteiger partial charge on any atom is -0.507 e. The lowest BCUT2D eigenvalue weighted by molar-refractivity contribution is 0.0733. The zero-order valence-corrected chi connectivity index (χ0v) is 21.9. The van der Waals surface area contributed by atoms with Crippen molar-refractivity contribution in [3.63, 3.8) is 0 Å². The smallest absolute Gasteiger partial charge is 0.345 e. The Hall–Kier alpha value is -4.57. The van der Waals surface area contributed by atoms with Crippen molar-refractivity contribution in [2.24, 2.45) is 0 Å². The third kappa shape index (κ3) is 6.85. The van der Waals surface area contributed by atoms with Gasteiger partial charge in [0.1, 0.15) is 10.6 Å². The molecule has 8 nitrogen and oxygen atoms in total. The van der Waals surface area contributed by atoms with Crippen molar-refractivity contribution >= 4 is 55.5 Å². The molecule has 0 aromatic heterocycles. The van der Waals surface area contributed by atoms with E-state index >= 15 is 0 Å². The van der Waals surface area contributed by atoms with Gasteiger partial charge in [0.2, 0.25) is 0 Å². The monoisotopic (exact) mass is 562 g/mol. The fourth-order valence-corrected chi connectivity index (χ4v) is 4.50. The summed E-state index contributed by atoms with van der Waals surface area (Å²) >= 11 is 6.10. The Morgan fingerprint density at radius 3 is 2.00 bits per heavy atom. The van der Waals surface area contributed by atoms with Gasteiger partial charge < -0.3 is 20.9 Å². The maximum absolute atomic E-state index is 13.1. The maximum atomic E-state index is 13.1. The molecule has 0 saturated carbocycles. The molecule has 0 aliphatic rings. The minimum absolute atomic E-state index is 0.0803. The van der Waals surface area contributed by atoms with Crippen molar-refractivity contribution in [3.05, 3.63) is 120 Å². The van der Waals surface area contributed by atoms with Crippen LogP contribution in [0.15, 0.2) is 114 Å². The Kier molecular flexibility index (Phi) is 8.36. The van der Waals surface area contributed by atoms with Crippen LogP contribution in [-0.2, 0) is 10.1 Å². The number of carbonyl (C=O) groups is 1. The lowest BCUT2D eigenvalue weighted by Crippen LogP contribution is -2.14. The number of aromatic hydroxyl groups is 1. The average molecular weight is 563 g/mol. The highest BCUT2D eigenvalue weighted by molar-refractivity contribution is 7.86. The molecule has 0 atom stereocenters. The largest absolute Gasteiger partial charge is 0.507 e. The van der Waals surface area contributed by atoms with E-state index in [0.717, 1.165) is 11.8 Å². The zero-order valence-electron chi connectivity index (χ0n) is 20.3. The van der Waals surface area contributed by atoms with Gasteiger partial charge in [-0.25, -0.2) is 4.79 Å². The molecular weight excluding hydrogens is 540 g/mol. The van der Waals surface area contributed by atoms with Gasteiger partial charge in [-0.1, -0.05) is 72.3 Å². The van der Waals surface area contributed by atoms with E-state index in [9.17, 15) is 22.9 Å². The SMILES string of the molecule is Nc1ccccc1.O=C(Oc1c(S(=O)(=O)O)cc(O)c2ccccc12)c1ccc(Cl)cc1Nc1ccccc1. The molecule has 39 heavy (non-hydrogen) atoms. The van der Waals surface area contributed by atoms with Gasteiger partial charge in [0.15, 0.2) is 5.75 Å². The summed E-state index contributed by atoms with van der Waals surface area (Å²) in [5.41, 5.74) is 7.29. The molecule has 0 saturated heterocycles. The van der Waals surface area contributed by atoms with Crippen molar-refractivity contribution in [1.29, 1.82) is 0 Å². The highest BCUT2D eigenvalue weighted by Gasteiger charge is 2.25. The predicted molar refractivity (Wildman–Crippen MR) is 152 cm³/mol. The van der Waals surface area contributed by atoms with Crippen LogP contribution in [0.3, 0.4) is 0 Å². The van der Waals surface area contributed by atoms with Crippen LogP contribution >= 0.6 is 11.6 Å². The summed E-state index contributed by atoms with van der Waals surface area (Å²) in [6, 6.07) is 30.0. The molecule has 5 aromatic rings. The lowest BCUT2D eigenvalue weighted by Gasteiger charge is -2.15. The van der Waals surface area contributed by atoms with E-state index in [-0.39, 0.29) is 22.1 Å². The number of phenols is 1. The van der Waals surface area contributed by atoms with E-state index in [1.165, 1.54) is 30.3 Å². The molecule has 0 aliphatic carbocycles. The molecule has 0 bridgehead atoms. The second-order valence-electron chi connectivity index (χ2n) is 8.22. The number of para-hydroxylation sites is 2. The number of esters is 1. The average Bonchev–Trinajstić information content (AvgIpc) is 2.91. The molecule has 0 heterocycles. The molecule has 0 radical (unpaired) electrons. The zero-order chi connectivity index (χ0) is 28.0. The first-order valence-electron chi connectivity index (χ1n) is 11.5. The van der Waals surface area contributed by atoms with Crippen LogP contribution in [0.25, 0.3) is 10.8 Å². The summed E-state index contributed by atoms with van der Waals surface area (Å²) in [5, 5.41) is 14.0. The van der Waals surface area contributed by atoms with Crippen molar-refractivity contribution in [3.8, 4) is 11.5 Å². The second kappa shape index (κ2) is 11.9. The molecule has 198 valence electrons. The first-order valence-corrected chi connectivity index (χ1v) is 13.3. The van der Waals surface area contributed by atoms with E-state index in [1.807, 2.05) is 48.5 Å². The van der Waals surface area contributed by atoms with Crippen LogP contribution in [0, 0.1) is 0 Å². The third-order valence-corrected chi connectivity index (χ3v) is 6.56. The lowest BCUT2D eigenvalue weighted by atomic mass is 10.1. The van der Waals surface area contributed by atoms with Crippen LogP contribution < -0.4 is 15.8 Å². The van der Waals surface area contributed by atoms with Gasteiger partial charge in [0.05, 0.1) is 11.3 Å². The Balaban J connectivity index is 0.000000438. The first kappa shape index (κ1) is 27.5. The first-order chi connectivity index (χ1) is 18.6. The Morgan fingerprint density at radius 2 is 1.41 bits per heavy atom. The van der Waals surface area contributed by atoms with Gasteiger partial charge >= 0.3 is 5.97 Å². The number of benzene rings is 5. The Morgan fingerprint density at radius 1 is 0.821 bits per heavy atom. The molecule has 0 spiro atoms. The molecule has 5 aromatic carbocycles. The third-order valence-electron chi connectivity index (χ3n) is 5.47. The number of fused-ring (bicyclic) bond motifs is 1. The second-order valence-corrected chi connectivity index (χ2v) is 10.1. The molecule has 5 N–H and O–H groups in total. The quantitative estimate of drug-likeness (QED) is 0.0805. The van der Waals surface area contributed by atoms with Crippen LogP contribution in [-0.4, -0.2) is 24.0 Å². The van der Waals surface area contributed by atoms with Gasteiger partial charge in [-0.3, -0.25) is 4.55 Å². The van der Waals surface area contributed by atoms with Crippen molar-refractivity contribution in [2.75, 3.05) is 11.1 Å². The summed E-state index contributed by atoms with van der Waals surface area (Å²) in [7, 11) is -4.81. The van der Waals surface area contributed by atoms with Crippen LogP contribution in [0.2, 0.25) is 5.02 Å². The number of phenolic OH excluding ortho intramolecular Hbond substituents is 1. The number of halogens is 1. The number of anilines is 3. The van der Waals surface area contributed by atoms with E-state index in [4.69, 9.17) is 22.1 Å². The van der Waals surface area contributed by atoms with E-state index in [0.29, 0.717) is 16.4 Å². The summed E-state index contributed by atoms with van der Waals surface area (Å²) in [4.78, 5) is 12.4. The number of hydrogen-bond acceptors (Lipinski definition) is 7. The van der Waals surface area contributed by atoms with Gasteiger partial charge in [-0.15, -0.1) is 0 Å². The maximum Gasteiger partial charge on any atom is 0.345 e. The number of rotatable bonds is 5. The number of nitrogens with one attached hydrogen (secondary N) is 1. The fraction of sp³-hybridized carbons (Fsp3) is 0. The topological polar surface area (TPSA) is 139 Å². The van der Waals surface area contributed by atoms with E-state index in [1.54, 1.807) is 24.3 Å². The molecule has 0 fully saturated rings. The Labute approximate surface area is 230 Å². The molecule has 0 aliphatic heterocycles. The predicted octanol–water partition coefficient (Wildman–Crippen LogP) is 6.68. The van der Waals surface area contributed by atoms with Crippen molar-refractivity contribution in [2.45, 2.75) is 4.90 Å². The summed E-state index contributed by atoms with van der Waals surface area (Å²) in [5.74, 6) is -1.67. The number of ether oxygens (including phenoxy) is 1. The minimum atomic E-state index is -4.81. The normalized spacial score (nSPS) is 10.8. The van der Waals surface area contributed by atoms with Crippen molar-refractivity contribution < 1.29 is 27.6 Å². The van der Waals surface area contributed by atoms with Crippen LogP contribution in [0.4, 0.5) is 17.1 Å². The summed E-state index contributed by atoms with van der Waals surface area (Å²) in [6.45, 7) is 0. The van der Waals surface area contributed by atoms with E-state index in [2.05, 4.69) is 5.32 Å². The van der Waals surface area contributed by atoms with Gasteiger partial charge in [-0.2, -0.15) is 8.42 Å². The molecular formula is C29H23ClN2O6S. The van der Waals surface area contributed by atoms with E-state index < -0.39 is 26.7 Å². The molecule has 0 amide bonds. The fourth-order valence-electron chi connectivity index (χ4n) is 3.68. The summed E-state index contributed by atoms with van der Waals surface area (Å²) in [6.07, 6.45) is 0. The van der Waals surface area contributed by atoms with Crippen molar-refractivity contribution in [1.82, 2.24) is 0 Å². The number of hydrogen-bond donors (Lipinski definition) is 4. The highest BCUT2D eigenvalue weighted by atomic mass is 35.5. The van der Waals surface area contributed by atoms with Gasteiger partial charge in [0, 0.05) is 33.2 Å². The molecule has 5 rings (SSSR count). The summed E-state index contributed by atoms with van der Waals surface area (Å²) < 4.78 is 39.0. The van der Waals surface area contributed by atoms with Gasteiger partial charge in [-0.05, 0) is 42.5 Å². The van der Waals surface area contributed by atoms with Crippen LogP contribution in [0.5, 0.6) is 11.5 Å². The molecule has 0 unspecified atom stereocenters. The van der Waals surface area contributed by atoms with Gasteiger partial charge in [0.25, 0.3) is 10.1 Å². The number of carbonyl (C=O) groups excluding carboxylic acids is 1. The standard InChI is InChI=1S/C23H16ClNO6S.C6H7N/c24-14-10-11-18(19(12-14)25-15-6-2-1-3-7-15)23(27)31-22-17-9-5-4-8-16(17)20(26)13-21(22)32(28,29)30;7-6-4-2-1-3-5-6/h1-13,25-26H,(H,28,29,30);1-5H,7H2. The number of nitrogen functional groups attached to an aromatic ring is 1. The van der Waals surface area contributed by atoms with Crippen LogP contribution in [0.1, 0.15) is 10.4 Å². The molecule has 10 heteroatoms.